The first-order chi connectivity index (χ1) is 9.24. The van der Waals surface area contributed by atoms with Gasteiger partial charge < -0.3 is 14.8 Å². The summed E-state index contributed by atoms with van der Waals surface area (Å²) in [5.74, 6) is 2.14. The van der Waals surface area contributed by atoms with Crippen molar-refractivity contribution in [1.29, 1.82) is 0 Å². The Kier molecular flexibility index (Phi) is 3.42. The molecule has 0 spiro atoms. The second-order valence-corrected chi connectivity index (χ2v) is 5.30. The van der Waals surface area contributed by atoms with Gasteiger partial charge in [-0.15, -0.1) is 0 Å². The molecule has 1 aromatic carbocycles. The van der Waals surface area contributed by atoms with E-state index in [0.717, 1.165) is 36.4 Å². The van der Waals surface area contributed by atoms with Crippen LogP contribution in [0.2, 0.25) is 0 Å². The molecular weight excluding hydrogens is 242 g/mol. The third-order valence-corrected chi connectivity index (χ3v) is 3.83. The van der Waals surface area contributed by atoms with E-state index < -0.39 is 0 Å². The first-order valence-electron chi connectivity index (χ1n) is 6.88. The van der Waals surface area contributed by atoms with Crippen molar-refractivity contribution >= 4 is 5.78 Å². The summed E-state index contributed by atoms with van der Waals surface area (Å²) >= 11 is 0. The number of aryl methyl sites for hydroxylation is 1. The fraction of sp³-hybridized carbons (Fsp3) is 0.533. The summed E-state index contributed by atoms with van der Waals surface area (Å²) in [5.41, 5.74) is 1.75. The third-order valence-electron chi connectivity index (χ3n) is 3.83. The van der Waals surface area contributed by atoms with Gasteiger partial charge in [0.2, 0.25) is 0 Å². The lowest BCUT2D eigenvalue weighted by Gasteiger charge is -2.20. The van der Waals surface area contributed by atoms with Crippen molar-refractivity contribution in [3.8, 4) is 11.5 Å². The first kappa shape index (κ1) is 12.5. The highest BCUT2D eigenvalue weighted by Crippen LogP contribution is 2.33. The van der Waals surface area contributed by atoms with Crippen molar-refractivity contribution < 1.29 is 14.3 Å². The van der Waals surface area contributed by atoms with E-state index in [1.807, 2.05) is 19.1 Å². The zero-order valence-corrected chi connectivity index (χ0v) is 11.2. The Morgan fingerprint density at radius 1 is 1.32 bits per heavy atom. The van der Waals surface area contributed by atoms with E-state index in [2.05, 4.69) is 5.32 Å². The third kappa shape index (κ3) is 2.59. The van der Waals surface area contributed by atoms with Gasteiger partial charge in [0.15, 0.2) is 17.3 Å². The molecule has 2 aliphatic rings. The number of carbonyl (C=O) groups is 1. The molecule has 1 fully saturated rings. The van der Waals surface area contributed by atoms with E-state index in [1.54, 1.807) is 0 Å². The maximum absolute atomic E-state index is 12.4. The van der Waals surface area contributed by atoms with Crippen LogP contribution in [-0.2, 0) is 0 Å². The van der Waals surface area contributed by atoms with Gasteiger partial charge in [-0.2, -0.15) is 0 Å². The summed E-state index contributed by atoms with van der Waals surface area (Å²) < 4.78 is 11.1. The minimum Gasteiger partial charge on any atom is -0.486 e. The average Bonchev–Trinajstić information content (AvgIpc) is 2.90. The Morgan fingerprint density at radius 3 is 2.74 bits per heavy atom. The summed E-state index contributed by atoms with van der Waals surface area (Å²) in [6.45, 7) is 5.06. The first-order valence-corrected chi connectivity index (χ1v) is 6.88. The molecule has 3 rings (SSSR count). The Hall–Kier alpha value is -1.55. The molecule has 4 heteroatoms. The summed E-state index contributed by atoms with van der Waals surface area (Å²) in [5, 5.41) is 3.30. The number of ether oxygens (including phenoxy) is 2. The van der Waals surface area contributed by atoms with Crippen molar-refractivity contribution in [3.05, 3.63) is 23.3 Å². The standard InChI is InChI=1S/C15H19NO3/c1-10-6-14-15(19-5-4-18-14)8-12(10)13(17)7-11-2-3-16-9-11/h6,8,11,16H,2-5,7,9H2,1H3. The van der Waals surface area contributed by atoms with Crippen LogP contribution in [0.15, 0.2) is 12.1 Å². The highest BCUT2D eigenvalue weighted by atomic mass is 16.6. The molecule has 1 aromatic rings. The number of Topliss-reactive ketones (excluding diaryl/α,β-unsaturated/α-hetero) is 1. The van der Waals surface area contributed by atoms with E-state index in [4.69, 9.17) is 9.47 Å². The van der Waals surface area contributed by atoms with Crippen molar-refractivity contribution in [2.75, 3.05) is 26.3 Å². The average molecular weight is 261 g/mol. The van der Waals surface area contributed by atoms with Gasteiger partial charge in [-0.3, -0.25) is 4.79 Å². The van der Waals surface area contributed by atoms with Crippen LogP contribution in [0.4, 0.5) is 0 Å². The predicted octanol–water partition coefficient (Wildman–Crippen LogP) is 1.95. The molecule has 0 saturated carbocycles. The molecule has 2 aliphatic heterocycles. The fourth-order valence-electron chi connectivity index (χ4n) is 2.75. The number of hydrogen-bond donors (Lipinski definition) is 1. The van der Waals surface area contributed by atoms with Crippen molar-refractivity contribution in [2.45, 2.75) is 19.8 Å². The van der Waals surface area contributed by atoms with Gasteiger partial charge >= 0.3 is 0 Å². The van der Waals surface area contributed by atoms with Crippen LogP contribution in [0.3, 0.4) is 0 Å². The molecule has 0 aliphatic carbocycles. The van der Waals surface area contributed by atoms with Crippen LogP contribution in [-0.4, -0.2) is 32.1 Å². The quantitative estimate of drug-likeness (QED) is 0.845. The second-order valence-electron chi connectivity index (χ2n) is 5.30. The summed E-state index contributed by atoms with van der Waals surface area (Å²) in [7, 11) is 0. The molecular formula is C15H19NO3. The van der Waals surface area contributed by atoms with Crippen LogP contribution in [0.25, 0.3) is 0 Å². The smallest absolute Gasteiger partial charge is 0.163 e. The Morgan fingerprint density at radius 2 is 2.05 bits per heavy atom. The van der Waals surface area contributed by atoms with Crippen LogP contribution < -0.4 is 14.8 Å². The molecule has 0 aromatic heterocycles. The van der Waals surface area contributed by atoms with E-state index in [-0.39, 0.29) is 5.78 Å². The molecule has 1 saturated heterocycles. The van der Waals surface area contributed by atoms with Crippen LogP contribution in [0.1, 0.15) is 28.8 Å². The zero-order valence-electron chi connectivity index (χ0n) is 11.2. The van der Waals surface area contributed by atoms with Gasteiger partial charge in [0.05, 0.1) is 0 Å². The number of fused-ring (bicyclic) bond motifs is 1. The van der Waals surface area contributed by atoms with Crippen molar-refractivity contribution in [1.82, 2.24) is 5.32 Å². The van der Waals surface area contributed by atoms with Gasteiger partial charge in [0.1, 0.15) is 13.2 Å². The lowest BCUT2D eigenvalue weighted by Crippen LogP contribution is -2.17. The molecule has 0 radical (unpaired) electrons. The van der Waals surface area contributed by atoms with Gasteiger partial charge in [-0.1, -0.05) is 0 Å². The largest absolute Gasteiger partial charge is 0.486 e. The molecule has 1 N–H and O–H groups in total. The van der Waals surface area contributed by atoms with Crippen molar-refractivity contribution in [2.24, 2.45) is 5.92 Å². The number of carbonyl (C=O) groups excluding carboxylic acids is 1. The molecule has 4 nitrogen and oxygen atoms in total. The van der Waals surface area contributed by atoms with Gasteiger partial charge in [0.25, 0.3) is 0 Å². The highest BCUT2D eigenvalue weighted by Gasteiger charge is 2.22. The van der Waals surface area contributed by atoms with Crippen LogP contribution in [0, 0.1) is 12.8 Å². The molecule has 2 heterocycles. The number of ketones is 1. The molecule has 102 valence electrons. The second kappa shape index (κ2) is 5.21. The SMILES string of the molecule is Cc1cc2c(cc1C(=O)CC1CCNC1)OCCO2. The Labute approximate surface area is 113 Å². The van der Waals surface area contributed by atoms with Gasteiger partial charge in [-0.25, -0.2) is 0 Å². The normalized spacial score (nSPS) is 21.4. The molecule has 19 heavy (non-hydrogen) atoms. The number of hydrogen-bond acceptors (Lipinski definition) is 4. The molecule has 1 atom stereocenters. The van der Waals surface area contributed by atoms with Crippen LogP contribution in [0.5, 0.6) is 11.5 Å². The lowest BCUT2D eigenvalue weighted by molar-refractivity contribution is 0.0962. The topological polar surface area (TPSA) is 47.6 Å². The number of rotatable bonds is 3. The van der Waals surface area contributed by atoms with E-state index in [0.29, 0.717) is 31.3 Å². The van der Waals surface area contributed by atoms with Crippen molar-refractivity contribution in [3.63, 3.8) is 0 Å². The van der Waals surface area contributed by atoms with E-state index in [9.17, 15) is 4.79 Å². The maximum Gasteiger partial charge on any atom is 0.163 e. The van der Waals surface area contributed by atoms with E-state index in [1.165, 1.54) is 0 Å². The molecule has 1 unspecified atom stereocenters. The lowest BCUT2D eigenvalue weighted by atomic mass is 9.94. The maximum atomic E-state index is 12.4. The highest BCUT2D eigenvalue weighted by molar-refractivity contribution is 5.98. The zero-order chi connectivity index (χ0) is 13.2. The summed E-state index contributed by atoms with van der Waals surface area (Å²) in [4.78, 5) is 12.4. The Balaban J connectivity index is 1.81. The van der Waals surface area contributed by atoms with E-state index >= 15 is 0 Å². The summed E-state index contributed by atoms with van der Waals surface area (Å²) in [6, 6.07) is 3.75. The monoisotopic (exact) mass is 261 g/mol. The number of benzene rings is 1. The molecule has 0 amide bonds. The number of nitrogens with one attached hydrogen (secondary N) is 1. The molecule has 0 bridgehead atoms. The summed E-state index contributed by atoms with van der Waals surface area (Å²) in [6.07, 6.45) is 1.71. The fourth-order valence-corrected chi connectivity index (χ4v) is 2.75. The van der Waals surface area contributed by atoms with Gasteiger partial charge in [0, 0.05) is 12.0 Å². The van der Waals surface area contributed by atoms with Crippen LogP contribution >= 0.6 is 0 Å². The Bertz CT molecular complexity index is 492. The minimum absolute atomic E-state index is 0.211. The predicted molar refractivity (Wildman–Crippen MR) is 72.1 cm³/mol. The van der Waals surface area contributed by atoms with Gasteiger partial charge in [-0.05, 0) is 50.0 Å². The minimum atomic E-state index is 0.211.